The Morgan fingerprint density at radius 3 is 2.28 bits per heavy atom. The first-order valence-corrected chi connectivity index (χ1v) is 8.31. The van der Waals surface area contributed by atoms with Crippen LogP contribution < -0.4 is 5.32 Å². The van der Waals surface area contributed by atoms with Crippen molar-refractivity contribution in [1.82, 2.24) is 0 Å². The highest BCUT2D eigenvalue weighted by Gasteiger charge is 2.29. The van der Waals surface area contributed by atoms with Crippen molar-refractivity contribution in [2.45, 2.75) is 44.0 Å². The van der Waals surface area contributed by atoms with Crippen molar-refractivity contribution < 1.29 is 8.42 Å². The molecule has 1 N–H and O–H groups in total. The summed E-state index contributed by atoms with van der Waals surface area (Å²) in [5, 5.41) is 3.49. The highest BCUT2D eigenvalue weighted by Crippen LogP contribution is 2.35. The third-order valence-corrected chi connectivity index (χ3v) is 5.33. The second kappa shape index (κ2) is 5.31. The summed E-state index contributed by atoms with van der Waals surface area (Å²) in [5.74, 6) is 0.952. The van der Waals surface area contributed by atoms with Gasteiger partial charge in [-0.15, -0.1) is 0 Å². The molecule has 100 valence electrons. The molecule has 0 spiro atoms. The first-order valence-electron chi connectivity index (χ1n) is 6.66. The minimum Gasteiger partial charge on any atom is -0.382 e. The van der Waals surface area contributed by atoms with Crippen LogP contribution in [0.1, 0.15) is 33.1 Å². The Labute approximate surface area is 110 Å². The van der Waals surface area contributed by atoms with Crippen molar-refractivity contribution in [1.29, 1.82) is 0 Å². The molecule has 1 aromatic carbocycles. The van der Waals surface area contributed by atoms with E-state index < -0.39 is 9.84 Å². The summed E-state index contributed by atoms with van der Waals surface area (Å²) in [7, 11) is -3.08. The van der Waals surface area contributed by atoms with E-state index >= 15 is 0 Å². The van der Waals surface area contributed by atoms with E-state index in [0.717, 1.165) is 18.0 Å². The van der Waals surface area contributed by atoms with E-state index in [2.05, 4.69) is 12.2 Å². The van der Waals surface area contributed by atoms with Crippen LogP contribution in [0.15, 0.2) is 29.2 Å². The largest absolute Gasteiger partial charge is 0.382 e. The Morgan fingerprint density at radius 2 is 1.83 bits per heavy atom. The van der Waals surface area contributed by atoms with Crippen LogP contribution in [0.3, 0.4) is 0 Å². The van der Waals surface area contributed by atoms with Gasteiger partial charge in [0.1, 0.15) is 0 Å². The zero-order chi connectivity index (χ0) is 13.2. The Morgan fingerprint density at radius 1 is 1.22 bits per heavy atom. The maximum atomic E-state index is 11.7. The van der Waals surface area contributed by atoms with Gasteiger partial charge in [0.25, 0.3) is 0 Å². The Balaban J connectivity index is 2.07. The summed E-state index contributed by atoms with van der Waals surface area (Å²) in [6.45, 7) is 3.85. The molecule has 1 aliphatic rings. The quantitative estimate of drug-likeness (QED) is 0.861. The maximum Gasteiger partial charge on any atom is 0.178 e. The highest BCUT2D eigenvalue weighted by atomic mass is 32.2. The van der Waals surface area contributed by atoms with Gasteiger partial charge in [0.15, 0.2) is 9.84 Å². The van der Waals surface area contributed by atoms with Gasteiger partial charge in [0.05, 0.1) is 10.6 Å². The zero-order valence-electron chi connectivity index (χ0n) is 11.0. The van der Waals surface area contributed by atoms with Gasteiger partial charge in [-0.3, -0.25) is 0 Å². The molecular formula is C14H21NO2S. The third-order valence-electron chi connectivity index (χ3n) is 3.58. The first-order chi connectivity index (χ1) is 8.56. The van der Waals surface area contributed by atoms with Crippen LogP contribution in [-0.4, -0.2) is 20.2 Å². The minimum absolute atomic E-state index is 0.152. The van der Waals surface area contributed by atoms with E-state index in [1.807, 2.05) is 12.1 Å². The number of anilines is 1. The molecule has 1 atom stereocenters. The molecule has 1 fully saturated rings. The number of hydrogen-bond donors (Lipinski definition) is 1. The molecule has 2 rings (SSSR count). The van der Waals surface area contributed by atoms with Crippen molar-refractivity contribution >= 4 is 15.5 Å². The molecule has 0 heterocycles. The van der Waals surface area contributed by atoms with E-state index in [1.165, 1.54) is 12.8 Å². The average Bonchev–Trinajstić information content (AvgIpc) is 3.21. The van der Waals surface area contributed by atoms with Crippen LogP contribution in [0.4, 0.5) is 5.69 Å². The number of hydrogen-bond acceptors (Lipinski definition) is 3. The summed E-state index contributed by atoms with van der Waals surface area (Å²) in [4.78, 5) is 0.412. The molecule has 0 aromatic heterocycles. The lowest BCUT2D eigenvalue weighted by Gasteiger charge is -2.17. The Bertz CT molecular complexity index is 489. The molecule has 18 heavy (non-hydrogen) atoms. The molecular weight excluding hydrogens is 246 g/mol. The lowest BCUT2D eigenvalue weighted by atomic mass is 10.1. The van der Waals surface area contributed by atoms with Crippen molar-refractivity contribution in [3.8, 4) is 0 Å². The smallest absolute Gasteiger partial charge is 0.178 e. The minimum atomic E-state index is -3.08. The molecule has 0 radical (unpaired) electrons. The van der Waals surface area contributed by atoms with Crippen LogP contribution in [0, 0.1) is 5.92 Å². The van der Waals surface area contributed by atoms with Gasteiger partial charge in [0, 0.05) is 11.7 Å². The van der Waals surface area contributed by atoms with Gasteiger partial charge >= 0.3 is 0 Å². The van der Waals surface area contributed by atoms with E-state index in [-0.39, 0.29) is 5.75 Å². The van der Waals surface area contributed by atoms with Gasteiger partial charge in [-0.2, -0.15) is 0 Å². The predicted molar refractivity (Wildman–Crippen MR) is 74.6 cm³/mol. The van der Waals surface area contributed by atoms with Gasteiger partial charge in [-0.25, -0.2) is 8.42 Å². The topological polar surface area (TPSA) is 46.2 Å². The van der Waals surface area contributed by atoms with Crippen molar-refractivity contribution in [3.63, 3.8) is 0 Å². The number of benzene rings is 1. The van der Waals surface area contributed by atoms with Crippen LogP contribution in [0.25, 0.3) is 0 Å². The van der Waals surface area contributed by atoms with Crippen LogP contribution >= 0.6 is 0 Å². The van der Waals surface area contributed by atoms with Crippen LogP contribution in [-0.2, 0) is 9.84 Å². The van der Waals surface area contributed by atoms with E-state index in [0.29, 0.717) is 10.9 Å². The van der Waals surface area contributed by atoms with Gasteiger partial charge in [-0.05, 0) is 49.4 Å². The fraction of sp³-hybridized carbons (Fsp3) is 0.571. The number of nitrogens with one attached hydrogen (secondary N) is 1. The molecule has 1 aliphatic carbocycles. The summed E-state index contributed by atoms with van der Waals surface area (Å²) in [6.07, 6.45) is 3.74. The average molecular weight is 267 g/mol. The second-order valence-electron chi connectivity index (χ2n) is 4.92. The van der Waals surface area contributed by atoms with E-state index in [4.69, 9.17) is 0 Å². The lowest BCUT2D eigenvalue weighted by molar-refractivity contribution is 0.597. The van der Waals surface area contributed by atoms with Crippen molar-refractivity contribution in [3.05, 3.63) is 24.3 Å². The van der Waals surface area contributed by atoms with E-state index in [1.54, 1.807) is 19.1 Å². The molecule has 0 aliphatic heterocycles. The molecule has 1 saturated carbocycles. The summed E-state index contributed by atoms with van der Waals surface area (Å²) in [6, 6.07) is 7.65. The maximum absolute atomic E-state index is 11.7. The fourth-order valence-corrected chi connectivity index (χ4v) is 3.08. The molecule has 1 aromatic rings. The SMILES string of the molecule is CCC(Nc1ccc(S(=O)(=O)CC)cc1)C1CC1. The molecule has 1 unspecified atom stereocenters. The van der Waals surface area contributed by atoms with Gasteiger partial charge in [-0.1, -0.05) is 13.8 Å². The van der Waals surface area contributed by atoms with Gasteiger partial charge < -0.3 is 5.32 Å². The molecule has 3 nitrogen and oxygen atoms in total. The summed E-state index contributed by atoms with van der Waals surface area (Å²) >= 11 is 0. The summed E-state index contributed by atoms with van der Waals surface area (Å²) in [5.41, 5.74) is 1.02. The van der Waals surface area contributed by atoms with Crippen molar-refractivity contribution in [2.24, 2.45) is 5.92 Å². The standard InChI is InChI=1S/C14H21NO2S/c1-3-14(11-5-6-11)15-12-7-9-13(10-8-12)18(16,17)4-2/h7-11,14-15H,3-6H2,1-2H3. The second-order valence-corrected chi connectivity index (χ2v) is 7.20. The Hall–Kier alpha value is -1.03. The lowest BCUT2D eigenvalue weighted by Crippen LogP contribution is -2.20. The molecule has 0 amide bonds. The molecule has 0 bridgehead atoms. The number of rotatable bonds is 6. The first kappa shape index (κ1) is 13.4. The van der Waals surface area contributed by atoms with Crippen LogP contribution in [0.2, 0.25) is 0 Å². The predicted octanol–water partition coefficient (Wildman–Crippen LogP) is 3.08. The highest BCUT2D eigenvalue weighted by molar-refractivity contribution is 7.91. The van der Waals surface area contributed by atoms with Crippen LogP contribution in [0.5, 0.6) is 0 Å². The normalized spacial score (nSPS) is 17.4. The van der Waals surface area contributed by atoms with Gasteiger partial charge in [0.2, 0.25) is 0 Å². The molecule has 0 saturated heterocycles. The summed E-state index contributed by atoms with van der Waals surface area (Å²) < 4.78 is 23.4. The van der Waals surface area contributed by atoms with E-state index in [9.17, 15) is 8.42 Å². The molecule has 4 heteroatoms. The monoisotopic (exact) mass is 267 g/mol. The third kappa shape index (κ3) is 3.05. The zero-order valence-corrected chi connectivity index (χ0v) is 11.8. The number of sulfone groups is 1. The van der Waals surface area contributed by atoms with Crippen molar-refractivity contribution in [2.75, 3.05) is 11.1 Å². The Kier molecular flexibility index (Phi) is 3.95. The fourth-order valence-electron chi connectivity index (χ4n) is 2.19.